The molecule has 38 heavy (non-hydrogen) atoms. The lowest BCUT2D eigenvalue weighted by Crippen LogP contribution is -2.29. The third kappa shape index (κ3) is 4.43. The second kappa shape index (κ2) is 10.2. The summed E-state index contributed by atoms with van der Waals surface area (Å²) in [4.78, 5) is 37.0. The van der Waals surface area contributed by atoms with Crippen molar-refractivity contribution in [3.05, 3.63) is 119 Å². The third-order valence-corrected chi connectivity index (χ3v) is 7.72. The van der Waals surface area contributed by atoms with Gasteiger partial charge in [0.05, 0.1) is 32.2 Å². The first kappa shape index (κ1) is 25.9. The molecular weight excluding hydrogens is 620 g/mol. The predicted molar refractivity (Wildman–Crippen MR) is 148 cm³/mol. The molecule has 1 aliphatic carbocycles. The first-order valence-electron chi connectivity index (χ1n) is 11.5. The molecule has 3 aromatic rings. The van der Waals surface area contributed by atoms with Gasteiger partial charge >= 0.3 is 5.97 Å². The summed E-state index contributed by atoms with van der Waals surface area (Å²) in [5.41, 5.74) is 4.96. The fraction of sp³-hybridized carbons (Fsp3) is 0.143. The molecule has 1 heterocycles. The van der Waals surface area contributed by atoms with Gasteiger partial charge in [-0.1, -0.05) is 24.3 Å². The molecule has 0 radical (unpaired) electrons. The summed E-state index contributed by atoms with van der Waals surface area (Å²) >= 11 is 7.16. The van der Waals surface area contributed by atoms with Crippen molar-refractivity contribution in [3.63, 3.8) is 0 Å². The second-order valence-corrected chi connectivity index (χ2v) is 10.5. The van der Waals surface area contributed by atoms with Crippen LogP contribution < -0.4 is 10.1 Å². The van der Waals surface area contributed by atoms with Crippen LogP contribution >= 0.6 is 31.9 Å². The molecular formula is C28H20Br2N2O6. The summed E-state index contributed by atoms with van der Waals surface area (Å²) in [6.07, 6.45) is 0. The highest BCUT2D eigenvalue weighted by Gasteiger charge is 2.43. The van der Waals surface area contributed by atoms with E-state index in [2.05, 4.69) is 37.2 Å². The highest BCUT2D eigenvalue weighted by Crippen LogP contribution is 2.48. The summed E-state index contributed by atoms with van der Waals surface area (Å²) in [6, 6.07) is 17.1. The minimum absolute atomic E-state index is 0.00415. The lowest BCUT2D eigenvalue weighted by Gasteiger charge is -2.29. The third-order valence-electron chi connectivity index (χ3n) is 6.54. The minimum atomic E-state index is -0.671. The Bertz CT molecular complexity index is 1550. The Kier molecular flexibility index (Phi) is 6.93. The molecule has 1 atom stereocenters. The Morgan fingerprint density at radius 1 is 1.05 bits per heavy atom. The number of halogens is 2. The molecule has 1 N–H and O–H groups in total. The molecule has 0 aromatic heterocycles. The van der Waals surface area contributed by atoms with Crippen LogP contribution in [-0.4, -0.2) is 23.8 Å². The molecule has 192 valence electrons. The zero-order valence-electron chi connectivity index (χ0n) is 20.2. The number of fused-ring (bicyclic) bond motifs is 2. The number of benzene rings is 3. The summed E-state index contributed by atoms with van der Waals surface area (Å²) in [5.74, 6) is -0.833. The number of rotatable bonds is 6. The average Bonchev–Trinajstić information content (AvgIpc) is 3.18. The van der Waals surface area contributed by atoms with Gasteiger partial charge in [-0.15, -0.1) is 0 Å². The van der Waals surface area contributed by atoms with Crippen LogP contribution in [0.2, 0.25) is 0 Å². The number of non-ortho nitro benzene ring substituents is 1. The van der Waals surface area contributed by atoms with Gasteiger partial charge in [0.15, 0.2) is 5.78 Å². The molecule has 0 fully saturated rings. The zero-order chi connectivity index (χ0) is 27.1. The van der Waals surface area contributed by atoms with Crippen molar-refractivity contribution >= 4 is 55.0 Å². The largest absolute Gasteiger partial charge is 0.487 e. The maximum atomic E-state index is 13.6. The van der Waals surface area contributed by atoms with Crippen molar-refractivity contribution < 1.29 is 24.0 Å². The topological polar surface area (TPSA) is 108 Å². The quantitative estimate of drug-likeness (QED) is 0.188. The van der Waals surface area contributed by atoms with Crippen molar-refractivity contribution in [1.82, 2.24) is 5.32 Å². The van der Waals surface area contributed by atoms with Gasteiger partial charge < -0.3 is 14.8 Å². The molecule has 0 amide bonds. The van der Waals surface area contributed by atoms with Gasteiger partial charge in [-0.25, -0.2) is 4.79 Å². The number of nitrogens with one attached hydrogen (secondary N) is 1. The molecule has 3 aromatic carbocycles. The number of methoxy groups -OCH3 is 1. The van der Waals surface area contributed by atoms with Gasteiger partial charge in [0.1, 0.15) is 12.4 Å². The maximum absolute atomic E-state index is 13.6. The van der Waals surface area contributed by atoms with Gasteiger partial charge in [0, 0.05) is 40.4 Å². The van der Waals surface area contributed by atoms with Crippen LogP contribution in [0.1, 0.15) is 39.9 Å². The van der Waals surface area contributed by atoms with Crippen LogP contribution in [0.4, 0.5) is 5.69 Å². The Labute approximate surface area is 234 Å². The van der Waals surface area contributed by atoms with E-state index < -0.39 is 16.8 Å². The number of nitrogens with zero attached hydrogens (tertiary/aromatic N) is 1. The van der Waals surface area contributed by atoms with E-state index in [9.17, 15) is 19.7 Å². The zero-order valence-corrected chi connectivity index (χ0v) is 23.4. The molecule has 0 saturated carbocycles. The van der Waals surface area contributed by atoms with Crippen molar-refractivity contribution in [2.75, 3.05) is 7.11 Å². The number of Topliss-reactive ketones (excluding diaryl/α,β-unsaturated/α-hetero) is 1. The molecule has 0 spiro atoms. The SMILES string of the molecule is COC(=O)C1=C(C)NC2=C(C(=O)c3ccccc32)[C@H]1c1cc(Br)c(OCc2ccc([N+](=O)[O-])cc2)c(Br)c1. The van der Waals surface area contributed by atoms with E-state index in [0.717, 1.165) is 11.1 Å². The van der Waals surface area contributed by atoms with Gasteiger partial charge in [0.25, 0.3) is 5.69 Å². The normalized spacial score (nSPS) is 16.1. The van der Waals surface area contributed by atoms with Gasteiger partial charge in [0.2, 0.25) is 0 Å². The Morgan fingerprint density at radius 3 is 2.29 bits per heavy atom. The van der Waals surface area contributed by atoms with Crippen LogP contribution in [-0.2, 0) is 16.1 Å². The molecule has 0 bridgehead atoms. The summed E-state index contributed by atoms with van der Waals surface area (Å²) in [6.45, 7) is 1.97. The van der Waals surface area contributed by atoms with Crippen molar-refractivity contribution in [2.24, 2.45) is 0 Å². The van der Waals surface area contributed by atoms with Crippen molar-refractivity contribution in [3.8, 4) is 5.75 Å². The predicted octanol–water partition coefficient (Wildman–Crippen LogP) is 6.44. The number of nitro benzene ring substituents is 1. The van der Waals surface area contributed by atoms with Crippen LogP contribution in [0.5, 0.6) is 5.75 Å². The highest BCUT2D eigenvalue weighted by molar-refractivity contribution is 9.11. The molecule has 10 heteroatoms. The van der Waals surface area contributed by atoms with Crippen LogP contribution in [0.15, 0.2) is 86.5 Å². The van der Waals surface area contributed by atoms with Gasteiger partial charge in [-0.3, -0.25) is 14.9 Å². The molecule has 0 unspecified atom stereocenters. The first-order chi connectivity index (χ1) is 18.2. The molecule has 2 aliphatic rings. The van der Waals surface area contributed by atoms with E-state index in [4.69, 9.17) is 9.47 Å². The van der Waals surface area contributed by atoms with Crippen LogP contribution in [0.25, 0.3) is 5.70 Å². The van der Waals surface area contributed by atoms with E-state index in [0.29, 0.717) is 48.4 Å². The maximum Gasteiger partial charge on any atom is 0.336 e. The molecule has 5 rings (SSSR count). The van der Waals surface area contributed by atoms with E-state index in [1.54, 1.807) is 25.1 Å². The molecule has 0 saturated heterocycles. The highest BCUT2D eigenvalue weighted by atomic mass is 79.9. The molecule has 1 aliphatic heterocycles. The van der Waals surface area contributed by atoms with Crippen LogP contribution in [0.3, 0.4) is 0 Å². The minimum Gasteiger partial charge on any atom is -0.487 e. The second-order valence-electron chi connectivity index (χ2n) is 8.78. The van der Waals surface area contributed by atoms with Crippen molar-refractivity contribution in [1.29, 1.82) is 0 Å². The Hall–Kier alpha value is -3.76. The first-order valence-corrected chi connectivity index (χ1v) is 13.1. The van der Waals surface area contributed by atoms with Gasteiger partial charge in [-0.2, -0.15) is 0 Å². The number of ether oxygens (including phenoxy) is 2. The van der Waals surface area contributed by atoms with E-state index in [-0.39, 0.29) is 18.1 Å². The van der Waals surface area contributed by atoms with Crippen LogP contribution in [0, 0.1) is 10.1 Å². The standard InChI is InChI=1S/C28H20Br2N2O6/c1-14-22(28(34)37-2)23(24-25(31-14)18-5-3-4-6-19(18)26(24)33)16-11-20(29)27(21(30)12-16)38-13-15-7-9-17(10-8-15)32(35)36/h3-12,23,31H,13H2,1-2H3/t23-/m0/s1. The van der Waals surface area contributed by atoms with E-state index in [1.807, 2.05) is 30.3 Å². The molecule has 8 nitrogen and oxygen atoms in total. The number of carbonyl (C=O) groups is 2. The van der Waals surface area contributed by atoms with Gasteiger partial charge in [-0.05, 0) is 74.2 Å². The number of carbonyl (C=O) groups excluding carboxylic acids is 2. The number of nitro groups is 1. The number of hydrogen-bond acceptors (Lipinski definition) is 7. The van der Waals surface area contributed by atoms with Crippen molar-refractivity contribution in [2.45, 2.75) is 19.4 Å². The fourth-order valence-electron chi connectivity index (χ4n) is 4.80. The number of dihydropyridines is 1. The number of esters is 1. The smallest absolute Gasteiger partial charge is 0.336 e. The fourth-order valence-corrected chi connectivity index (χ4v) is 6.25. The average molecular weight is 640 g/mol. The Balaban J connectivity index is 1.53. The number of allylic oxidation sites excluding steroid dienone is 2. The summed E-state index contributed by atoms with van der Waals surface area (Å²) < 4.78 is 12.3. The Morgan fingerprint density at radius 2 is 1.68 bits per heavy atom. The lowest BCUT2D eigenvalue weighted by atomic mass is 9.80. The summed E-state index contributed by atoms with van der Waals surface area (Å²) in [7, 11) is 1.32. The number of ketones is 1. The monoisotopic (exact) mass is 638 g/mol. The number of hydrogen-bond donors (Lipinski definition) is 1. The summed E-state index contributed by atoms with van der Waals surface area (Å²) in [5, 5.41) is 14.2. The van der Waals surface area contributed by atoms with E-state index in [1.165, 1.54) is 19.2 Å². The lowest BCUT2D eigenvalue weighted by molar-refractivity contribution is -0.384. The van der Waals surface area contributed by atoms with E-state index >= 15 is 0 Å².